The van der Waals surface area contributed by atoms with Crippen molar-refractivity contribution >= 4 is 0 Å². The van der Waals surface area contributed by atoms with E-state index < -0.39 is 0 Å². The fourth-order valence-corrected chi connectivity index (χ4v) is 32.2. The molecule has 5 saturated heterocycles. The van der Waals surface area contributed by atoms with Gasteiger partial charge in [-0.1, -0.05) is 374 Å². The van der Waals surface area contributed by atoms with Gasteiger partial charge in [-0.2, -0.15) is 0 Å². The third-order valence-electron chi connectivity index (χ3n) is 46.2. The van der Waals surface area contributed by atoms with Crippen LogP contribution in [-0.2, 0) is 33.2 Å². The highest BCUT2D eigenvalue weighted by atomic mass is 16.8. The van der Waals surface area contributed by atoms with Gasteiger partial charge in [0.05, 0.1) is 61.5 Å². The van der Waals surface area contributed by atoms with Crippen LogP contribution >= 0.6 is 0 Å². The first kappa shape index (κ1) is 144. The van der Waals surface area contributed by atoms with Gasteiger partial charge in [0.25, 0.3) is 0 Å². The Labute approximate surface area is 932 Å². The molecule has 5 heterocycles. The number of piperidine rings is 1. The molecular weight excluding hydrogens is 1810 g/mol. The van der Waals surface area contributed by atoms with Gasteiger partial charge >= 0.3 is 0 Å². The number of fused-ring (bicyclic) bond motifs is 1. The van der Waals surface area contributed by atoms with E-state index in [0.29, 0.717) is 60.7 Å². The molecule has 0 spiro atoms. The maximum Gasteiger partial charge on any atom is 0.163 e. The summed E-state index contributed by atoms with van der Waals surface area (Å²) in [5.74, 6) is 33.8. The van der Waals surface area contributed by atoms with Crippen LogP contribution in [-0.4, -0.2) is 122 Å². The number of hydrogen-bond acceptors (Lipinski definition) is 9. The second kappa shape index (κ2) is 74.3. The Hall–Kier alpha value is -0.360. The van der Waals surface area contributed by atoms with Gasteiger partial charge in [-0.15, -0.1) is 0 Å². The van der Waals surface area contributed by atoms with E-state index in [1.807, 2.05) is 20.8 Å². The molecule has 0 N–H and O–H groups in total. The van der Waals surface area contributed by atoms with E-state index in [4.69, 9.17) is 33.2 Å². The molecule has 12 aliphatic rings. The summed E-state index contributed by atoms with van der Waals surface area (Å²) in [5, 5.41) is 0. The van der Waals surface area contributed by atoms with Gasteiger partial charge in [-0.3, -0.25) is 4.90 Å². The molecule has 7 aliphatic carbocycles. The van der Waals surface area contributed by atoms with E-state index in [0.717, 1.165) is 271 Å². The molecule has 0 aromatic heterocycles. The lowest BCUT2D eigenvalue weighted by atomic mass is 9.51. The minimum Gasteiger partial charge on any atom is -0.372 e. The molecule has 148 heavy (non-hydrogen) atoms. The van der Waals surface area contributed by atoms with E-state index in [9.17, 15) is 0 Å². The van der Waals surface area contributed by atoms with Crippen LogP contribution in [0.5, 0.6) is 0 Å². The molecular formula is C139H278N2O7. The van der Waals surface area contributed by atoms with Crippen molar-refractivity contribution in [3.63, 3.8) is 0 Å². The van der Waals surface area contributed by atoms with Gasteiger partial charge in [-0.05, 0) is 418 Å². The topological polar surface area (TPSA) is 71.1 Å². The van der Waals surface area contributed by atoms with Gasteiger partial charge in [0.2, 0.25) is 0 Å². The largest absolute Gasteiger partial charge is 0.372 e. The zero-order chi connectivity index (χ0) is 113. The normalized spacial score (nSPS) is 44.1. The van der Waals surface area contributed by atoms with Crippen molar-refractivity contribution in [3.8, 4) is 0 Å². The smallest absolute Gasteiger partial charge is 0.163 e. The Bertz CT molecular complexity index is 2980. The van der Waals surface area contributed by atoms with Crippen LogP contribution in [0.15, 0.2) is 0 Å². The highest BCUT2D eigenvalue weighted by Crippen LogP contribution is 2.56. The van der Waals surface area contributed by atoms with Crippen molar-refractivity contribution in [1.82, 2.24) is 9.80 Å². The third-order valence-corrected chi connectivity index (χ3v) is 46.2. The molecule has 0 aromatic carbocycles. The molecule has 0 amide bonds. The first-order valence-corrected chi connectivity index (χ1v) is 66.8. The molecule has 28 unspecified atom stereocenters. The summed E-state index contributed by atoms with van der Waals surface area (Å²) < 4.78 is 40.0. The predicted molar refractivity (Wildman–Crippen MR) is 655 cm³/mol. The summed E-state index contributed by atoms with van der Waals surface area (Å²) in [7, 11) is 4.53. The number of rotatable bonds is 22. The number of ether oxygens (including phenoxy) is 7. The van der Waals surface area contributed by atoms with Crippen molar-refractivity contribution in [3.05, 3.63) is 0 Å². The minimum absolute atomic E-state index is 0.00255. The molecule has 7 saturated carbocycles. The molecule has 5 aliphatic heterocycles. The molecule has 0 radical (unpaired) electrons. The third kappa shape index (κ3) is 44.2. The van der Waals surface area contributed by atoms with Crippen LogP contribution in [0.4, 0.5) is 0 Å². The monoisotopic (exact) mass is 2090 g/mol. The Morgan fingerprint density at radius 3 is 0.723 bits per heavy atom. The number of likely N-dealkylation sites (tertiary alicyclic amines) is 1. The number of morpholine rings is 1. The summed E-state index contributed by atoms with van der Waals surface area (Å²) in [6.07, 6.45) is 50.3. The van der Waals surface area contributed by atoms with Crippen LogP contribution < -0.4 is 0 Å². The fourth-order valence-electron chi connectivity index (χ4n) is 32.2. The minimum atomic E-state index is -0.360. The quantitative estimate of drug-likeness (QED) is 0.0986. The number of hydrogen-bond donors (Lipinski definition) is 0. The molecule has 9 nitrogen and oxygen atoms in total. The van der Waals surface area contributed by atoms with E-state index in [2.05, 4.69) is 349 Å². The zero-order valence-electron chi connectivity index (χ0n) is 111. The summed E-state index contributed by atoms with van der Waals surface area (Å²) in [6, 6.07) is 2.76. The standard InChI is InChI=1S/C18H34.C18H36.C16H32.C14H28.C12H25N.C12H24.C11H23NO.C10H20O2.C10H20.2C9H18O2/c1-7-15-9-17-13(5)11(3)12(4)14(6)18(17)10-16(15)8-2;1-8-17-10-12(3)14(5)16(7)15(6)13(4)11-18(17)9-2;1-7-15-9-11(3)13(5)14(6)12(4)10-16(15)8-2;1-6-13-8-10(3)12(5)11(4)9-14(13)7-2;1-6-11-8-9(3)10(4)13(5)12(11)7-2;1-5-11-7-9(3)10(4)8-12(11)6-2;1-6-10-11(7-2)13-9(4)8(3)12(10)5;1-5-9-10(6-2)12-8(4)7(3)11-9;1-4-9-6-8(3)7-10(9)5-2;1-5-7-8(6-2)11-9(3,4)10-7;1-4-8-6-10-7(3)11-9(8)5-2/h11-18H,7-10H2,1-6H3;12-18H,8-11H2,1-7H3;11-16H,7-10H2,1-6H3;10-14H,6-9H2,1-5H3;9-12H,6-8H2,1-5H3;9-12H,5-8H2,1-4H3;8-11H,6-7H2,1-5H3;7-10H,5-6H2,1-4H3;8-10H,4-7H2,1-3H3;7-8H,5-6H2,1-4H3;7-9H,4-6H2,1-3H3/t11?,12?,13?,14?,15-,16+,17?,18?;12?,13?,14?,15?,16?,17-,18+;11?,12?,13?,14?,15-,16+;10?,11?,12?,13-,14+;9?,10?,11-,12-;9?,10?,11-,12+;8?,9?,10-,11+;7?,8?,9-,10+;8?,9-,10+;7-,8+;7?,8-,9-/m....1.0...0/s1. The first-order chi connectivity index (χ1) is 69.8. The van der Waals surface area contributed by atoms with E-state index >= 15 is 0 Å². The van der Waals surface area contributed by atoms with E-state index in [1.54, 1.807) is 0 Å². The Balaban J connectivity index is 0.000000552. The molecule has 12 rings (SSSR count). The van der Waals surface area contributed by atoms with Crippen molar-refractivity contribution in [2.45, 2.75) is 662 Å². The summed E-state index contributed by atoms with van der Waals surface area (Å²) in [4.78, 5) is 5.07. The van der Waals surface area contributed by atoms with Gasteiger partial charge in [0.1, 0.15) is 0 Å². The van der Waals surface area contributed by atoms with Gasteiger partial charge in [0.15, 0.2) is 12.1 Å². The Morgan fingerprint density at radius 1 is 0.196 bits per heavy atom. The Kier molecular flexibility index (Phi) is 72.1. The molecule has 0 aromatic rings. The van der Waals surface area contributed by atoms with Gasteiger partial charge in [0, 0.05) is 30.1 Å². The van der Waals surface area contributed by atoms with E-state index in [-0.39, 0.29) is 24.3 Å². The highest BCUT2D eigenvalue weighted by molar-refractivity contribution is 4.98. The van der Waals surface area contributed by atoms with Crippen molar-refractivity contribution < 1.29 is 33.2 Å². The van der Waals surface area contributed by atoms with E-state index in [1.165, 1.54) is 180 Å². The van der Waals surface area contributed by atoms with Crippen LogP contribution in [0.2, 0.25) is 0 Å². The fraction of sp³-hybridized carbons (Fsp3) is 1.00. The van der Waals surface area contributed by atoms with Crippen LogP contribution in [0.3, 0.4) is 0 Å². The van der Waals surface area contributed by atoms with Crippen molar-refractivity contribution in [2.75, 3.05) is 20.7 Å². The molecule has 12 fully saturated rings. The lowest BCUT2D eigenvalue weighted by molar-refractivity contribution is -0.228. The van der Waals surface area contributed by atoms with Gasteiger partial charge in [-0.25, -0.2) is 0 Å². The summed E-state index contributed by atoms with van der Waals surface area (Å²) in [6.45, 7) is 118. The second-order valence-corrected chi connectivity index (χ2v) is 54.9. The van der Waals surface area contributed by atoms with Crippen LogP contribution in [0.1, 0.15) is 571 Å². The van der Waals surface area contributed by atoms with Crippen LogP contribution in [0, 0.1) is 213 Å². The zero-order valence-corrected chi connectivity index (χ0v) is 111. The lowest BCUT2D eigenvalue weighted by Gasteiger charge is -2.54. The average molecular weight is 2090 g/mol. The average Bonchev–Trinajstić information content (AvgIpc) is 0.970. The highest BCUT2D eigenvalue weighted by Gasteiger charge is 2.49. The van der Waals surface area contributed by atoms with Crippen molar-refractivity contribution in [1.29, 1.82) is 0 Å². The molecule has 9 heteroatoms. The SMILES string of the molecule is CC[C@@H]1CC(C)C(C)C(C)C(C)C(C)C[C@@H]1CC.CC[C@@H]1CC(C)C(C)C(C)C(C)C[C@@H]1CC.CC[C@@H]1CC(C)C(C)C(C)C[C@@H]1CC.CC[C@@H]1CC(C)C(C)C[C@@H]1CC.CC[C@@H]1CC(C)C(C)N(C)[C@@H]1CC.CC[C@@H]1CC(C)C[C@@H]1CC.CC[C@@H]1CC2C(C)C(C)C(C)C(C)C2C[C@@H]1CC.CC[C@@H]1OC(C)(C)O[C@@H]1CC.CC[C@@H]1OC(C)C(C)O[C@@H]1CC.CC[C@H]1COC(C)O[C@H]1CC.CC[C@H]1OC(C)C(C)N(C)[C@H]1CC. The second-order valence-electron chi connectivity index (χ2n) is 54.9. The predicted octanol–water partition coefficient (Wildman–Crippen LogP) is 41.6. The molecule has 886 valence electrons. The molecule has 50 atom stereocenters. The molecule has 0 bridgehead atoms. The summed E-state index contributed by atoms with van der Waals surface area (Å²) in [5.41, 5.74) is 0. The van der Waals surface area contributed by atoms with Gasteiger partial charge < -0.3 is 38.1 Å². The first-order valence-electron chi connectivity index (χ1n) is 66.8. The Morgan fingerprint density at radius 2 is 0.439 bits per heavy atom. The van der Waals surface area contributed by atoms with Crippen LogP contribution in [0.25, 0.3) is 0 Å². The number of nitrogens with zero attached hydrogens (tertiary/aromatic N) is 2. The maximum absolute atomic E-state index is 5.98. The number of likely N-dealkylation sites (N-methyl/N-ethyl adjacent to an activating group) is 1. The van der Waals surface area contributed by atoms with Crippen molar-refractivity contribution in [2.24, 2.45) is 213 Å². The lowest BCUT2D eigenvalue weighted by Crippen LogP contribution is -2.56. The summed E-state index contributed by atoms with van der Waals surface area (Å²) >= 11 is 0. The maximum atomic E-state index is 5.98.